The fourth-order valence-electron chi connectivity index (χ4n) is 3.33. The molecule has 2 saturated carbocycles. The van der Waals surface area contributed by atoms with Gasteiger partial charge in [0.15, 0.2) is 0 Å². The van der Waals surface area contributed by atoms with Gasteiger partial charge in [-0.1, -0.05) is 6.92 Å². The highest BCUT2D eigenvalue weighted by Crippen LogP contribution is 2.56. The van der Waals surface area contributed by atoms with Gasteiger partial charge in [0.25, 0.3) is 0 Å². The predicted molar refractivity (Wildman–Crippen MR) is 50.4 cm³/mol. The second-order valence-electron chi connectivity index (χ2n) is 5.09. The van der Waals surface area contributed by atoms with Crippen LogP contribution < -0.4 is 0 Å². The van der Waals surface area contributed by atoms with E-state index < -0.39 is 5.97 Å². The molecule has 1 unspecified atom stereocenters. The van der Waals surface area contributed by atoms with Gasteiger partial charge < -0.3 is 5.11 Å². The van der Waals surface area contributed by atoms with Crippen molar-refractivity contribution in [3.8, 4) is 0 Å². The Kier molecular flexibility index (Phi) is 2.09. The van der Waals surface area contributed by atoms with E-state index >= 15 is 0 Å². The Labute approximate surface area is 79.3 Å². The molecule has 0 aromatic heterocycles. The smallest absolute Gasteiger partial charge is 0.306 e. The summed E-state index contributed by atoms with van der Waals surface area (Å²) >= 11 is 0. The molecule has 0 amide bonds. The number of hydrogen-bond donors (Lipinski definition) is 1. The van der Waals surface area contributed by atoms with Gasteiger partial charge in [0.05, 0.1) is 5.92 Å². The number of fused-ring (bicyclic) bond motifs is 2. The van der Waals surface area contributed by atoms with E-state index in [9.17, 15) is 4.79 Å². The van der Waals surface area contributed by atoms with Crippen LogP contribution in [0.2, 0.25) is 0 Å². The van der Waals surface area contributed by atoms with Crippen LogP contribution in [0, 0.1) is 17.3 Å². The summed E-state index contributed by atoms with van der Waals surface area (Å²) in [7, 11) is 0. The molecule has 0 aromatic carbocycles. The quantitative estimate of drug-likeness (QED) is 0.728. The summed E-state index contributed by atoms with van der Waals surface area (Å²) in [5, 5.41) is 8.87. The van der Waals surface area contributed by atoms with Crippen molar-refractivity contribution in [1.29, 1.82) is 0 Å². The molecular weight excluding hydrogens is 164 g/mol. The molecular formula is C11H18O2. The lowest BCUT2D eigenvalue weighted by molar-refractivity contribution is -0.142. The zero-order valence-corrected chi connectivity index (χ0v) is 8.25. The van der Waals surface area contributed by atoms with Gasteiger partial charge in [-0.25, -0.2) is 0 Å². The summed E-state index contributed by atoms with van der Waals surface area (Å²) in [6.45, 7) is 1.85. The molecule has 0 spiro atoms. The van der Waals surface area contributed by atoms with Crippen molar-refractivity contribution in [2.24, 2.45) is 17.3 Å². The van der Waals surface area contributed by atoms with Crippen LogP contribution in [0.15, 0.2) is 0 Å². The second kappa shape index (κ2) is 3.00. The molecule has 2 heteroatoms. The monoisotopic (exact) mass is 182 g/mol. The molecule has 0 saturated heterocycles. The lowest BCUT2D eigenvalue weighted by atomic mass is 9.77. The van der Waals surface area contributed by atoms with Crippen LogP contribution in [-0.4, -0.2) is 11.1 Å². The van der Waals surface area contributed by atoms with E-state index in [0.717, 1.165) is 12.3 Å². The number of hydrogen-bond acceptors (Lipinski definition) is 1. The van der Waals surface area contributed by atoms with Crippen molar-refractivity contribution in [1.82, 2.24) is 0 Å². The van der Waals surface area contributed by atoms with E-state index in [2.05, 4.69) is 0 Å². The average molecular weight is 182 g/mol. The lowest BCUT2D eigenvalue weighted by Crippen LogP contribution is -2.22. The summed E-state index contributed by atoms with van der Waals surface area (Å²) < 4.78 is 0. The molecule has 1 atom stereocenters. The summed E-state index contributed by atoms with van der Waals surface area (Å²) in [6, 6.07) is 0. The minimum atomic E-state index is -0.621. The van der Waals surface area contributed by atoms with E-state index in [1.54, 1.807) is 0 Å². The molecule has 0 heterocycles. The molecule has 2 bridgehead atoms. The average Bonchev–Trinajstić information content (AvgIpc) is 2.62. The zero-order valence-electron chi connectivity index (χ0n) is 8.25. The van der Waals surface area contributed by atoms with Crippen molar-refractivity contribution < 1.29 is 9.90 Å². The van der Waals surface area contributed by atoms with Crippen molar-refractivity contribution in [3.05, 3.63) is 0 Å². The molecule has 2 aliphatic carbocycles. The molecule has 0 aliphatic heterocycles. The minimum Gasteiger partial charge on any atom is -0.481 e. The Balaban J connectivity index is 1.97. The van der Waals surface area contributed by atoms with Gasteiger partial charge >= 0.3 is 5.97 Å². The molecule has 2 rings (SSSR count). The van der Waals surface area contributed by atoms with Crippen LogP contribution in [-0.2, 0) is 4.79 Å². The Bertz CT molecular complexity index is 214. The van der Waals surface area contributed by atoms with Crippen LogP contribution in [0.1, 0.15) is 45.4 Å². The largest absolute Gasteiger partial charge is 0.481 e. The molecule has 2 nitrogen and oxygen atoms in total. The topological polar surface area (TPSA) is 37.3 Å². The van der Waals surface area contributed by atoms with E-state index in [4.69, 9.17) is 5.11 Å². The third kappa shape index (κ3) is 1.59. The minimum absolute atomic E-state index is 0.142. The maximum Gasteiger partial charge on any atom is 0.306 e. The summed E-state index contributed by atoms with van der Waals surface area (Å²) in [6.07, 6.45) is 7.51. The highest BCUT2D eigenvalue weighted by molar-refractivity contribution is 5.69. The third-order valence-electron chi connectivity index (χ3n) is 4.05. The van der Waals surface area contributed by atoms with Crippen molar-refractivity contribution >= 4 is 5.97 Å². The lowest BCUT2D eigenvalue weighted by Gasteiger charge is -2.28. The summed E-state index contributed by atoms with van der Waals surface area (Å²) in [5.74, 6) is 0.169. The van der Waals surface area contributed by atoms with Crippen LogP contribution >= 0.6 is 0 Å². The first-order chi connectivity index (χ1) is 6.11. The number of aliphatic carboxylic acids is 1. The maximum atomic E-state index is 10.8. The number of rotatable bonds is 3. The first-order valence-electron chi connectivity index (χ1n) is 5.34. The number of carboxylic acid groups (broad SMARTS) is 1. The molecule has 0 aromatic rings. The predicted octanol–water partition coefficient (Wildman–Crippen LogP) is 2.68. The number of carboxylic acids is 1. The van der Waals surface area contributed by atoms with Gasteiger partial charge in [0.1, 0.15) is 0 Å². The first-order valence-corrected chi connectivity index (χ1v) is 5.34. The van der Waals surface area contributed by atoms with E-state index in [0.29, 0.717) is 5.41 Å². The Morgan fingerprint density at radius 1 is 1.54 bits per heavy atom. The zero-order chi connectivity index (χ0) is 9.47. The standard InChI is InChI=1S/C11H18O2/c1-8(10(12)13)6-11-4-2-9(7-11)3-5-11/h8-9H,2-7H2,1H3,(H,12,13). The van der Waals surface area contributed by atoms with E-state index in [-0.39, 0.29) is 5.92 Å². The van der Waals surface area contributed by atoms with E-state index in [1.165, 1.54) is 32.1 Å². The molecule has 13 heavy (non-hydrogen) atoms. The Morgan fingerprint density at radius 3 is 2.54 bits per heavy atom. The summed E-state index contributed by atoms with van der Waals surface area (Å²) in [5.41, 5.74) is 0.433. The van der Waals surface area contributed by atoms with Crippen LogP contribution in [0.4, 0.5) is 0 Å². The number of carbonyl (C=O) groups is 1. The van der Waals surface area contributed by atoms with Gasteiger partial charge in [-0.15, -0.1) is 0 Å². The van der Waals surface area contributed by atoms with Crippen LogP contribution in [0.3, 0.4) is 0 Å². The van der Waals surface area contributed by atoms with Gasteiger partial charge in [0.2, 0.25) is 0 Å². The Morgan fingerprint density at radius 2 is 2.15 bits per heavy atom. The summed E-state index contributed by atoms with van der Waals surface area (Å²) in [4.78, 5) is 10.8. The fourth-order valence-corrected chi connectivity index (χ4v) is 3.33. The Hall–Kier alpha value is -0.530. The van der Waals surface area contributed by atoms with Crippen molar-refractivity contribution in [2.45, 2.75) is 45.4 Å². The van der Waals surface area contributed by atoms with Crippen LogP contribution in [0.5, 0.6) is 0 Å². The van der Waals surface area contributed by atoms with Gasteiger partial charge in [-0.05, 0) is 49.9 Å². The van der Waals surface area contributed by atoms with Crippen molar-refractivity contribution in [3.63, 3.8) is 0 Å². The second-order valence-corrected chi connectivity index (χ2v) is 5.09. The fraction of sp³-hybridized carbons (Fsp3) is 0.909. The SMILES string of the molecule is CC(CC12CCC(CC1)C2)C(=O)O. The van der Waals surface area contributed by atoms with Gasteiger partial charge in [-0.2, -0.15) is 0 Å². The third-order valence-corrected chi connectivity index (χ3v) is 4.05. The van der Waals surface area contributed by atoms with Crippen LogP contribution in [0.25, 0.3) is 0 Å². The molecule has 74 valence electrons. The van der Waals surface area contributed by atoms with Gasteiger partial charge in [-0.3, -0.25) is 4.79 Å². The molecule has 2 fully saturated rings. The van der Waals surface area contributed by atoms with Crippen molar-refractivity contribution in [2.75, 3.05) is 0 Å². The maximum absolute atomic E-state index is 10.8. The molecule has 2 aliphatic rings. The highest BCUT2D eigenvalue weighted by atomic mass is 16.4. The molecule has 1 N–H and O–H groups in total. The molecule has 0 radical (unpaired) electrons. The van der Waals surface area contributed by atoms with Gasteiger partial charge in [0, 0.05) is 0 Å². The normalized spacial score (nSPS) is 39.3. The highest BCUT2D eigenvalue weighted by Gasteiger charge is 2.45. The van der Waals surface area contributed by atoms with E-state index in [1.807, 2.05) is 6.92 Å². The first kappa shape index (κ1) is 9.04.